The third-order valence-corrected chi connectivity index (χ3v) is 17.6. The molecule has 0 fully saturated rings. The lowest BCUT2D eigenvalue weighted by Crippen LogP contribution is -2.29. The van der Waals surface area contributed by atoms with Crippen molar-refractivity contribution < 1.29 is 4.42 Å². The van der Waals surface area contributed by atoms with Crippen LogP contribution >= 0.6 is 0 Å². The summed E-state index contributed by atoms with van der Waals surface area (Å²) in [6.45, 7) is 0. The zero-order valence-electron chi connectivity index (χ0n) is 45.5. The second kappa shape index (κ2) is 19.5. The van der Waals surface area contributed by atoms with Crippen LogP contribution in [0.25, 0.3) is 55.3 Å². The third-order valence-electron chi connectivity index (χ3n) is 17.6. The van der Waals surface area contributed by atoms with Gasteiger partial charge in [0.2, 0.25) is 0 Å². The average Bonchev–Trinajstić information content (AvgIpc) is 2.10. The molecule has 14 aromatic rings. The molecular weight excluding hydrogens is 1000 g/mol. The summed E-state index contributed by atoms with van der Waals surface area (Å²) in [4.78, 5) is 4.94. The van der Waals surface area contributed by atoms with Crippen LogP contribution in [0.4, 0.5) is 34.1 Å². The fourth-order valence-corrected chi connectivity index (χ4v) is 14.3. The minimum atomic E-state index is -0.619. The summed E-state index contributed by atoms with van der Waals surface area (Å²) in [5, 5.41) is 2.19. The molecular formula is C80H54N2O. The predicted molar refractivity (Wildman–Crippen MR) is 343 cm³/mol. The molecule has 0 radical (unpaired) electrons. The van der Waals surface area contributed by atoms with E-state index >= 15 is 0 Å². The van der Waals surface area contributed by atoms with Crippen LogP contribution in [0.3, 0.4) is 0 Å². The molecule has 83 heavy (non-hydrogen) atoms. The van der Waals surface area contributed by atoms with Gasteiger partial charge in [0.1, 0.15) is 11.2 Å². The van der Waals surface area contributed by atoms with E-state index in [1.165, 1.54) is 66.8 Å². The molecule has 0 saturated carbocycles. The Morgan fingerprint density at radius 3 is 1.29 bits per heavy atom. The van der Waals surface area contributed by atoms with Gasteiger partial charge >= 0.3 is 0 Å². The molecule has 0 spiro atoms. The van der Waals surface area contributed by atoms with E-state index in [4.69, 9.17) is 4.42 Å². The highest BCUT2D eigenvalue weighted by Gasteiger charge is 2.49. The van der Waals surface area contributed by atoms with Crippen molar-refractivity contribution in [1.29, 1.82) is 0 Å². The highest BCUT2D eigenvalue weighted by molar-refractivity contribution is 6.07. The predicted octanol–water partition coefficient (Wildman–Crippen LogP) is 20.9. The van der Waals surface area contributed by atoms with Crippen LogP contribution in [0.2, 0.25) is 0 Å². The van der Waals surface area contributed by atoms with E-state index < -0.39 is 10.8 Å². The first-order chi connectivity index (χ1) is 41.2. The van der Waals surface area contributed by atoms with Crippen molar-refractivity contribution in [1.82, 2.24) is 0 Å². The maximum absolute atomic E-state index is 6.66. The number of hydrogen-bond acceptors (Lipinski definition) is 3. The Kier molecular flexibility index (Phi) is 11.3. The Hall–Kier alpha value is -10.7. The Morgan fingerprint density at radius 2 is 0.651 bits per heavy atom. The molecule has 0 aliphatic heterocycles. The minimum Gasteiger partial charge on any atom is -0.456 e. The van der Waals surface area contributed by atoms with Crippen LogP contribution in [0.15, 0.2) is 332 Å². The van der Waals surface area contributed by atoms with Gasteiger partial charge in [0.05, 0.1) is 22.2 Å². The Labute approximate surface area is 483 Å². The summed E-state index contributed by atoms with van der Waals surface area (Å²) in [6.07, 6.45) is 0. The number of fused-ring (bicyclic) bond motifs is 9. The van der Waals surface area contributed by atoms with E-state index in [0.29, 0.717) is 0 Å². The molecule has 0 amide bonds. The van der Waals surface area contributed by atoms with E-state index in [0.717, 1.165) is 67.2 Å². The van der Waals surface area contributed by atoms with Gasteiger partial charge in [0, 0.05) is 50.7 Å². The fourth-order valence-electron chi connectivity index (χ4n) is 14.3. The Bertz CT molecular complexity index is 4670. The number of hydrogen-bond donors (Lipinski definition) is 0. The number of furan rings is 1. The molecule has 0 N–H and O–H groups in total. The second-order valence-electron chi connectivity index (χ2n) is 21.8. The molecule has 0 unspecified atom stereocenters. The largest absolute Gasteiger partial charge is 0.456 e. The van der Waals surface area contributed by atoms with Crippen molar-refractivity contribution in [2.75, 3.05) is 9.80 Å². The summed E-state index contributed by atoms with van der Waals surface area (Å²) < 4.78 is 6.66. The van der Waals surface area contributed by atoms with Crippen LogP contribution in [-0.2, 0) is 10.8 Å². The SMILES string of the molecule is c1ccc(-c2ccccc2N(c2cccc(N(c3cccc(C4(c5ccccc5)c5ccccc5-c5ccccc54)c3)c3cccc4c3-c3ccccc3C4(c3ccccc3)c3ccccc3)c2)c2ccc3c(c2)oc2ccccc23)cc1. The highest BCUT2D eigenvalue weighted by atomic mass is 16.3. The first kappa shape index (κ1) is 48.2. The molecule has 3 heteroatoms. The number of rotatable bonds is 11. The number of anilines is 6. The molecule has 1 heterocycles. The van der Waals surface area contributed by atoms with Crippen molar-refractivity contribution in [3.8, 4) is 33.4 Å². The molecule has 0 bridgehead atoms. The number of nitrogens with zero attached hydrogens (tertiary/aromatic N) is 2. The van der Waals surface area contributed by atoms with E-state index in [9.17, 15) is 0 Å². The Morgan fingerprint density at radius 1 is 0.241 bits per heavy atom. The van der Waals surface area contributed by atoms with Crippen LogP contribution in [0.1, 0.15) is 44.5 Å². The summed E-state index contributed by atoms with van der Waals surface area (Å²) in [6, 6.07) is 120. The van der Waals surface area contributed by atoms with Gasteiger partial charge in [-0.1, -0.05) is 261 Å². The van der Waals surface area contributed by atoms with Crippen molar-refractivity contribution in [3.05, 3.63) is 372 Å². The summed E-state index contributed by atoms with van der Waals surface area (Å²) in [5.41, 5.74) is 23.7. The van der Waals surface area contributed by atoms with Crippen LogP contribution in [-0.4, -0.2) is 0 Å². The van der Waals surface area contributed by atoms with Gasteiger partial charge in [-0.2, -0.15) is 0 Å². The number of para-hydroxylation sites is 2. The van der Waals surface area contributed by atoms with Gasteiger partial charge in [-0.05, 0) is 127 Å². The van der Waals surface area contributed by atoms with Gasteiger partial charge in [-0.15, -0.1) is 0 Å². The van der Waals surface area contributed by atoms with Crippen molar-refractivity contribution in [2.45, 2.75) is 10.8 Å². The quantitative estimate of drug-likeness (QED) is 0.129. The van der Waals surface area contributed by atoms with Crippen molar-refractivity contribution in [3.63, 3.8) is 0 Å². The summed E-state index contributed by atoms with van der Waals surface area (Å²) in [5.74, 6) is 0. The van der Waals surface area contributed by atoms with Gasteiger partial charge in [-0.25, -0.2) is 0 Å². The lowest BCUT2D eigenvalue weighted by Gasteiger charge is -2.36. The summed E-state index contributed by atoms with van der Waals surface area (Å²) in [7, 11) is 0. The minimum absolute atomic E-state index is 0.609. The monoisotopic (exact) mass is 1060 g/mol. The molecule has 3 nitrogen and oxygen atoms in total. The lowest BCUT2D eigenvalue weighted by molar-refractivity contribution is 0.669. The molecule has 13 aromatic carbocycles. The van der Waals surface area contributed by atoms with Gasteiger partial charge < -0.3 is 14.2 Å². The third kappa shape index (κ3) is 7.38. The molecule has 390 valence electrons. The lowest BCUT2D eigenvalue weighted by atomic mass is 9.67. The van der Waals surface area contributed by atoms with Gasteiger partial charge in [0.25, 0.3) is 0 Å². The van der Waals surface area contributed by atoms with Crippen LogP contribution < -0.4 is 9.80 Å². The zero-order valence-corrected chi connectivity index (χ0v) is 45.5. The first-order valence-electron chi connectivity index (χ1n) is 28.7. The zero-order chi connectivity index (χ0) is 54.9. The fraction of sp³-hybridized carbons (Fsp3) is 0.0250. The molecule has 2 aliphatic carbocycles. The second-order valence-corrected chi connectivity index (χ2v) is 21.8. The molecule has 0 atom stereocenters. The van der Waals surface area contributed by atoms with Crippen molar-refractivity contribution >= 4 is 56.1 Å². The van der Waals surface area contributed by atoms with E-state index in [-0.39, 0.29) is 0 Å². The summed E-state index contributed by atoms with van der Waals surface area (Å²) >= 11 is 0. The highest BCUT2D eigenvalue weighted by Crippen LogP contribution is 2.61. The average molecular weight is 1060 g/mol. The van der Waals surface area contributed by atoms with Crippen LogP contribution in [0, 0.1) is 0 Å². The van der Waals surface area contributed by atoms with Crippen LogP contribution in [0.5, 0.6) is 0 Å². The standard InChI is InChI=1S/C80H54N2O/c1-5-26-55(27-6-1)64-38-16-21-47-74(64)81(63-50-51-68-67-41-17-22-49-76(67)83-77(68)54-63)61-36-24-37-62(53-61)82(60-35-23-34-59(52-60)80(58-32-11-4-12-33-58)70-43-18-13-39-65(70)66-40-14-19-44-71(66)80)75-48-25-46-73-78(75)69-42-15-20-45-72(69)79(73,56-28-7-2-8-29-56)57-30-9-3-10-31-57/h1-54H. The smallest absolute Gasteiger partial charge is 0.137 e. The van der Waals surface area contributed by atoms with Gasteiger partial charge in [0.15, 0.2) is 0 Å². The molecule has 2 aliphatic rings. The molecule has 0 saturated heterocycles. The number of benzene rings is 13. The first-order valence-corrected chi connectivity index (χ1v) is 28.7. The maximum Gasteiger partial charge on any atom is 0.137 e. The van der Waals surface area contributed by atoms with E-state index in [1.807, 2.05) is 6.07 Å². The maximum atomic E-state index is 6.66. The topological polar surface area (TPSA) is 19.6 Å². The van der Waals surface area contributed by atoms with Crippen molar-refractivity contribution in [2.24, 2.45) is 0 Å². The molecule has 16 rings (SSSR count). The Balaban J connectivity index is 0.979. The van der Waals surface area contributed by atoms with E-state index in [1.54, 1.807) is 0 Å². The van der Waals surface area contributed by atoms with Gasteiger partial charge in [-0.3, -0.25) is 0 Å². The van der Waals surface area contributed by atoms with E-state index in [2.05, 4.69) is 331 Å². The normalized spacial score (nSPS) is 13.3. The molecule has 1 aromatic heterocycles.